The maximum absolute atomic E-state index is 5.67. The molecule has 2 N–H and O–H groups in total. The summed E-state index contributed by atoms with van der Waals surface area (Å²) in [6.07, 6.45) is 6.25. The van der Waals surface area contributed by atoms with Crippen LogP contribution in [0.2, 0.25) is 0 Å². The maximum atomic E-state index is 5.67. The van der Waals surface area contributed by atoms with E-state index in [1.807, 2.05) is 18.5 Å². The van der Waals surface area contributed by atoms with Crippen LogP contribution in [0.1, 0.15) is 50.7 Å². The Morgan fingerprint density at radius 2 is 1.97 bits per heavy atom. The SMILES string of the molecule is CCOCCC1(CNC(=NCc2nnc(C)n2C)NCCN2CCOCC2)CCCC1. The van der Waals surface area contributed by atoms with E-state index in [2.05, 4.69) is 32.7 Å². The Morgan fingerprint density at radius 3 is 2.65 bits per heavy atom. The second-order valence-corrected chi connectivity index (χ2v) is 8.78. The molecule has 9 heteroatoms. The number of ether oxygens (including phenoxy) is 2. The summed E-state index contributed by atoms with van der Waals surface area (Å²) in [7, 11) is 1.99. The standard InChI is InChI=1S/C22H41N7O2/c1-4-30-14-9-22(7-5-6-8-22)18-25-21(23-10-11-29-12-15-31-16-13-29)24-17-20-27-26-19(2)28(20)3/h4-18H2,1-3H3,(H2,23,24,25). The van der Waals surface area contributed by atoms with Gasteiger partial charge in [0.05, 0.1) is 13.2 Å². The third-order valence-corrected chi connectivity index (χ3v) is 6.66. The molecule has 1 aromatic rings. The van der Waals surface area contributed by atoms with Crippen LogP contribution in [0.3, 0.4) is 0 Å². The number of guanidine groups is 1. The smallest absolute Gasteiger partial charge is 0.191 e. The Labute approximate surface area is 187 Å². The van der Waals surface area contributed by atoms with Crippen molar-refractivity contribution in [2.24, 2.45) is 17.5 Å². The summed E-state index contributed by atoms with van der Waals surface area (Å²) in [5.74, 6) is 2.64. The van der Waals surface area contributed by atoms with Crippen LogP contribution in [-0.4, -0.2) is 84.8 Å². The van der Waals surface area contributed by atoms with Crippen LogP contribution in [0.15, 0.2) is 4.99 Å². The van der Waals surface area contributed by atoms with Crippen molar-refractivity contribution in [3.05, 3.63) is 11.6 Å². The van der Waals surface area contributed by atoms with E-state index in [4.69, 9.17) is 14.5 Å². The lowest BCUT2D eigenvalue weighted by Crippen LogP contribution is -2.47. The third-order valence-electron chi connectivity index (χ3n) is 6.66. The zero-order valence-electron chi connectivity index (χ0n) is 19.7. The van der Waals surface area contributed by atoms with Gasteiger partial charge in [-0.2, -0.15) is 0 Å². The monoisotopic (exact) mass is 435 g/mol. The normalized spacial score (nSPS) is 19.6. The first-order chi connectivity index (χ1) is 15.1. The molecule has 2 heterocycles. The predicted molar refractivity (Wildman–Crippen MR) is 122 cm³/mol. The Balaban J connectivity index is 1.58. The van der Waals surface area contributed by atoms with E-state index in [9.17, 15) is 0 Å². The highest BCUT2D eigenvalue weighted by molar-refractivity contribution is 5.79. The molecule has 9 nitrogen and oxygen atoms in total. The van der Waals surface area contributed by atoms with Crippen LogP contribution in [0.4, 0.5) is 0 Å². The van der Waals surface area contributed by atoms with Crippen molar-refractivity contribution >= 4 is 5.96 Å². The van der Waals surface area contributed by atoms with E-state index < -0.39 is 0 Å². The maximum Gasteiger partial charge on any atom is 0.191 e. The molecule has 0 amide bonds. The van der Waals surface area contributed by atoms with Crippen molar-refractivity contribution in [1.29, 1.82) is 0 Å². The largest absolute Gasteiger partial charge is 0.382 e. The summed E-state index contributed by atoms with van der Waals surface area (Å²) >= 11 is 0. The third kappa shape index (κ3) is 7.43. The molecule has 2 aliphatic rings. The molecule has 1 aliphatic carbocycles. The number of hydrogen-bond acceptors (Lipinski definition) is 6. The van der Waals surface area contributed by atoms with Crippen molar-refractivity contribution in [2.45, 2.75) is 52.5 Å². The van der Waals surface area contributed by atoms with Crippen molar-refractivity contribution in [3.8, 4) is 0 Å². The molecule has 1 aromatic heterocycles. The molecular weight excluding hydrogens is 394 g/mol. The van der Waals surface area contributed by atoms with E-state index in [1.54, 1.807) is 0 Å². The minimum Gasteiger partial charge on any atom is -0.382 e. The van der Waals surface area contributed by atoms with E-state index >= 15 is 0 Å². The van der Waals surface area contributed by atoms with Crippen LogP contribution in [-0.2, 0) is 23.1 Å². The molecule has 0 spiro atoms. The van der Waals surface area contributed by atoms with Crippen LogP contribution < -0.4 is 10.6 Å². The van der Waals surface area contributed by atoms with Crippen LogP contribution in [0.25, 0.3) is 0 Å². The van der Waals surface area contributed by atoms with Gasteiger partial charge in [-0.05, 0) is 38.5 Å². The first-order valence-electron chi connectivity index (χ1n) is 11.9. The summed E-state index contributed by atoms with van der Waals surface area (Å²) in [6.45, 7) is 12.6. The molecule has 31 heavy (non-hydrogen) atoms. The molecule has 1 saturated heterocycles. The Kier molecular flexibility index (Phi) is 9.54. The summed E-state index contributed by atoms with van der Waals surface area (Å²) in [5.41, 5.74) is 0.309. The number of nitrogens with zero attached hydrogens (tertiary/aromatic N) is 5. The minimum atomic E-state index is 0.309. The Hall–Kier alpha value is -1.71. The molecule has 0 bridgehead atoms. The topological polar surface area (TPSA) is 88.8 Å². The van der Waals surface area contributed by atoms with Gasteiger partial charge in [0.25, 0.3) is 0 Å². The van der Waals surface area contributed by atoms with E-state index in [-0.39, 0.29) is 0 Å². The van der Waals surface area contributed by atoms with E-state index in [1.165, 1.54) is 25.7 Å². The quantitative estimate of drug-likeness (QED) is 0.309. The van der Waals surface area contributed by atoms with Gasteiger partial charge in [-0.1, -0.05) is 12.8 Å². The lowest BCUT2D eigenvalue weighted by atomic mass is 9.83. The summed E-state index contributed by atoms with van der Waals surface area (Å²) in [4.78, 5) is 7.27. The number of aryl methyl sites for hydroxylation is 1. The molecule has 0 radical (unpaired) electrons. The fraction of sp³-hybridized carbons (Fsp3) is 0.864. The highest BCUT2D eigenvalue weighted by Crippen LogP contribution is 2.40. The second-order valence-electron chi connectivity index (χ2n) is 8.78. The van der Waals surface area contributed by atoms with Gasteiger partial charge in [-0.25, -0.2) is 4.99 Å². The van der Waals surface area contributed by atoms with Gasteiger partial charge >= 0.3 is 0 Å². The highest BCUT2D eigenvalue weighted by atomic mass is 16.5. The summed E-state index contributed by atoms with van der Waals surface area (Å²) in [6, 6.07) is 0. The highest BCUT2D eigenvalue weighted by Gasteiger charge is 2.33. The molecule has 176 valence electrons. The molecule has 0 aromatic carbocycles. The molecule has 2 fully saturated rings. The minimum absolute atomic E-state index is 0.309. The van der Waals surface area contributed by atoms with Crippen LogP contribution in [0.5, 0.6) is 0 Å². The van der Waals surface area contributed by atoms with Crippen LogP contribution >= 0.6 is 0 Å². The first-order valence-corrected chi connectivity index (χ1v) is 11.9. The predicted octanol–water partition coefficient (Wildman–Crippen LogP) is 1.48. The number of aliphatic imine (C=N–C) groups is 1. The average molecular weight is 436 g/mol. The molecule has 0 atom stereocenters. The molecule has 1 aliphatic heterocycles. The Bertz CT molecular complexity index is 679. The van der Waals surface area contributed by atoms with Gasteiger partial charge in [-0.15, -0.1) is 10.2 Å². The van der Waals surface area contributed by atoms with Crippen molar-refractivity contribution in [2.75, 3.05) is 59.2 Å². The Morgan fingerprint density at radius 1 is 1.19 bits per heavy atom. The number of hydrogen-bond donors (Lipinski definition) is 2. The van der Waals surface area contributed by atoms with E-state index in [0.29, 0.717) is 12.0 Å². The van der Waals surface area contributed by atoms with Crippen LogP contribution in [0, 0.1) is 12.3 Å². The van der Waals surface area contributed by atoms with Gasteiger partial charge in [0.1, 0.15) is 12.4 Å². The number of rotatable bonds is 11. The van der Waals surface area contributed by atoms with Crippen molar-refractivity contribution in [3.63, 3.8) is 0 Å². The van der Waals surface area contributed by atoms with Gasteiger partial charge < -0.3 is 24.7 Å². The zero-order valence-corrected chi connectivity index (χ0v) is 19.7. The number of morpholine rings is 1. The average Bonchev–Trinajstić information content (AvgIpc) is 3.38. The molecular formula is C22H41N7O2. The lowest BCUT2D eigenvalue weighted by molar-refractivity contribution is 0.0389. The zero-order chi connectivity index (χ0) is 21.9. The fourth-order valence-corrected chi connectivity index (χ4v) is 4.41. The number of aromatic nitrogens is 3. The molecule has 1 saturated carbocycles. The second kappa shape index (κ2) is 12.4. The van der Waals surface area contributed by atoms with Gasteiger partial charge in [-0.3, -0.25) is 4.90 Å². The van der Waals surface area contributed by atoms with Gasteiger partial charge in [0.15, 0.2) is 11.8 Å². The van der Waals surface area contributed by atoms with Gasteiger partial charge in [0, 0.05) is 53.0 Å². The summed E-state index contributed by atoms with van der Waals surface area (Å²) < 4.78 is 13.1. The summed E-state index contributed by atoms with van der Waals surface area (Å²) in [5, 5.41) is 15.6. The van der Waals surface area contributed by atoms with Crippen molar-refractivity contribution < 1.29 is 9.47 Å². The first kappa shape index (κ1) is 23.9. The molecule has 3 rings (SSSR count). The fourth-order valence-electron chi connectivity index (χ4n) is 4.41. The van der Waals surface area contributed by atoms with Crippen molar-refractivity contribution in [1.82, 2.24) is 30.3 Å². The lowest BCUT2D eigenvalue weighted by Gasteiger charge is -2.30. The number of nitrogens with one attached hydrogen (secondary N) is 2. The molecule has 0 unspecified atom stereocenters. The van der Waals surface area contributed by atoms with E-state index in [0.717, 1.165) is 83.2 Å². The van der Waals surface area contributed by atoms with Gasteiger partial charge in [0.2, 0.25) is 0 Å².